The molecule has 1 aliphatic carbocycles. The second-order valence-electron chi connectivity index (χ2n) is 5.15. The molecule has 1 aromatic rings. The summed E-state index contributed by atoms with van der Waals surface area (Å²) in [5.41, 5.74) is 7.77. The lowest BCUT2D eigenvalue weighted by Crippen LogP contribution is -2.43. The van der Waals surface area contributed by atoms with Gasteiger partial charge in [-0.15, -0.1) is 0 Å². The zero-order valence-corrected chi connectivity index (χ0v) is 11.8. The highest BCUT2D eigenvalue weighted by Crippen LogP contribution is 2.35. The summed E-state index contributed by atoms with van der Waals surface area (Å²) in [5.74, 6) is 0.720. The topological polar surface area (TPSA) is 58.7 Å². The molecule has 4 nitrogen and oxygen atoms in total. The van der Waals surface area contributed by atoms with Gasteiger partial charge in [-0.25, -0.2) is 0 Å². The number of aliphatic hydroxyl groups excluding tert-OH is 1. The van der Waals surface area contributed by atoms with Crippen molar-refractivity contribution in [3.63, 3.8) is 0 Å². The van der Waals surface area contributed by atoms with Gasteiger partial charge < -0.3 is 20.5 Å². The van der Waals surface area contributed by atoms with E-state index >= 15 is 0 Å². The Hall–Kier alpha value is -1.42. The quantitative estimate of drug-likeness (QED) is 0.820. The number of rotatable bonds is 4. The van der Waals surface area contributed by atoms with Crippen LogP contribution in [-0.2, 0) is 0 Å². The molecular formula is C15H24N2O2. The van der Waals surface area contributed by atoms with E-state index in [0.717, 1.165) is 37.1 Å². The van der Waals surface area contributed by atoms with Crippen LogP contribution in [-0.4, -0.2) is 30.9 Å². The third-order valence-corrected chi connectivity index (χ3v) is 3.91. The first-order valence-corrected chi connectivity index (χ1v) is 7.07. The third kappa shape index (κ3) is 2.95. The van der Waals surface area contributed by atoms with Crippen molar-refractivity contribution in [1.29, 1.82) is 0 Å². The van der Waals surface area contributed by atoms with Crippen molar-refractivity contribution < 1.29 is 9.84 Å². The van der Waals surface area contributed by atoms with Crippen molar-refractivity contribution >= 4 is 11.4 Å². The van der Waals surface area contributed by atoms with Crippen LogP contribution in [0.2, 0.25) is 0 Å². The highest BCUT2D eigenvalue weighted by Gasteiger charge is 2.28. The number of para-hydroxylation sites is 1. The molecule has 3 N–H and O–H groups in total. The molecule has 0 aliphatic heterocycles. The van der Waals surface area contributed by atoms with E-state index in [2.05, 4.69) is 4.90 Å². The minimum atomic E-state index is -0.270. The Bertz CT molecular complexity index is 423. The number of benzene rings is 1. The van der Waals surface area contributed by atoms with Crippen LogP contribution in [0.4, 0.5) is 11.4 Å². The van der Waals surface area contributed by atoms with Crippen LogP contribution in [0.1, 0.15) is 32.6 Å². The van der Waals surface area contributed by atoms with Gasteiger partial charge in [-0.1, -0.05) is 18.9 Å². The molecule has 0 radical (unpaired) electrons. The number of hydrogen-bond donors (Lipinski definition) is 2. The molecule has 4 heteroatoms. The molecule has 2 unspecified atom stereocenters. The van der Waals surface area contributed by atoms with E-state index < -0.39 is 0 Å². The number of nitrogen functional groups attached to an aromatic ring is 1. The van der Waals surface area contributed by atoms with Gasteiger partial charge in [0.1, 0.15) is 5.75 Å². The molecular weight excluding hydrogens is 240 g/mol. The SMILES string of the molecule is CCOc1cccc(N(C)C2CCCCC2O)c1N. The number of hydrogen-bond acceptors (Lipinski definition) is 4. The lowest BCUT2D eigenvalue weighted by molar-refractivity contribution is 0.106. The Labute approximate surface area is 115 Å². The fourth-order valence-corrected chi connectivity index (χ4v) is 2.84. The summed E-state index contributed by atoms with van der Waals surface area (Å²) in [6.07, 6.45) is 3.89. The van der Waals surface area contributed by atoms with E-state index in [1.165, 1.54) is 0 Å². The van der Waals surface area contributed by atoms with Crippen molar-refractivity contribution in [3.8, 4) is 5.75 Å². The normalized spacial score (nSPS) is 23.1. The highest BCUT2D eigenvalue weighted by atomic mass is 16.5. The van der Waals surface area contributed by atoms with E-state index in [1.807, 2.05) is 32.2 Å². The summed E-state index contributed by atoms with van der Waals surface area (Å²) in [5, 5.41) is 10.2. The maximum atomic E-state index is 10.2. The Morgan fingerprint density at radius 1 is 1.37 bits per heavy atom. The summed E-state index contributed by atoms with van der Waals surface area (Å²) in [6.45, 7) is 2.55. The Balaban J connectivity index is 2.22. The van der Waals surface area contributed by atoms with Crippen molar-refractivity contribution in [1.82, 2.24) is 0 Å². The average molecular weight is 264 g/mol. The minimum absolute atomic E-state index is 0.146. The van der Waals surface area contributed by atoms with Crippen molar-refractivity contribution in [2.45, 2.75) is 44.8 Å². The fourth-order valence-electron chi connectivity index (χ4n) is 2.84. The van der Waals surface area contributed by atoms with Crippen LogP contribution in [0, 0.1) is 0 Å². The predicted molar refractivity (Wildman–Crippen MR) is 78.7 cm³/mol. The lowest BCUT2D eigenvalue weighted by atomic mass is 9.91. The van der Waals surface area contributed by atoms with Crippen LogP contribution in [0.15, 0.2) is 18.2 Å². The first-order valence-electron chi connectivity index (χ1n) is 7.07. The van der Waals surface area contributed by atoms with Crippen molar-refractivity contribution in [3.05, 3.63) is 18.2 Å². The van der Waals surface area contributed by atoms with Gasteiger partial charge in [0.05, 0.1) is 30.1 Å². The smallest absolute Gasteiger partial charge is 0.144 e. The molecule has 2 atom stereocenters. The summed E-state index contributed by atoms with van der Waals surface area (Å²) in [6, 6.07) is 5.96. The van der Waals surface area contributed by atoms with Crippen LogP contribution < -0.4 is 15.4 Å². The largest absolute Gasteiger partial charge is 0.492 e. The van der Waals surface area contributed by atoms with Crippen LogP contribution >= 0.6 is 0 Å². The molecule has 1 aliphatic rings. The van der Waals surface area contributed by atoms with Crippen molar-refractivity contribution in [2.24, 2.45) is 0 Å². The second-order valence-corrected chi connectivity index (χ2v) is 5.15. The van der Waals surface area contributed by atoms with Gasteiger partial charge in [0, 0.05) is 7.05 Å². The number of ether oxygens (including phenoxy) is 1. The maximum Gasteiger partial charge on any atom is 0.144 e. The zero-order chi connectivity index (χ0) is 13.8. The molecule has 1 fully saturated rings. The van der Waals surface area contributed by atoms with Gasteiger partial charge >= 0.3 is 0 Å². The standard InChI is InChI=1S/C15H24N2O2/c1-3-19-14-10-6-8-12(15(14)16)17(2)11-7-4-5-9-13(11)18/h6,8,10-11,13,18H,3-5,7,9,16H2,1-2H3. The molecule has 1 saturated carbocycles. The van der Waals surface area contributed by atoms with Crippen LogP contribution in [0.25, 0.3) is 0 Å². The van der Waals surface area contributed by atoms with E-state index in [4.69, 9.17) is 10.5 Å². The Morgan fingerprint density at radius 2 is 2.11 bits per heavy atom. The molecule has 0 bridgehead atoms. The summed E-state index contributed by atoms with van der Waals surface area (Å²) in [4.78, 5) is 2.10. The Kier molecular flexibility index (Phi) is 4.53. The van der Waals surface area contributed by atoms with Gasteiger partial charge in [-0.2, -0.15) is 0 Å². The van der Waals surface area contributed by atoms with Gasteiger partial charge in [-0.3, -0.25) is 0 Å². The Morgan fingerprint density at radius 3 is 2.79 bits per heavy atom. The molecule has 106 valence electrons. The number of anilines is 2. The predicted octanol–water partition coefficient (Wildman–Crippen LogP) is 2.41. The monoisotopic (exact) mass is 264 g/mol. The molecule has 19 heavy (non-hydrogen) atoms. The first kappa shape index (κ1) is 14.0. The average Bonchev–Trinajstić information content (AvgIpc) is 2.41. The number of aliphatic hydroxyl groups is 1. The molecule has 0 saturated heterocycles. The second kappa shape index (κ2) is 6.15. The van der Waals surface area contributed by atoms with Crippen molar-refractivity contribution in [2.75, 3.05) is 24.3 Å². The molecule has 0 spiro atoms. The lowest BCUT2D eigenvalue weighted by Gasteiger charge is -2.37. The molecule has 2 rings (SSSR count). The summed E-state index contributed by atoms with van der Waals surface area (Å²) < 4.78 is 5.53. The number of likely N-dealkylation sites (N-methyl/N-ethyl adjacent to an activating group) is 1. The van der Waals surface area contributed by atoms with Gasteiger partial charge in [-0.05, 0) is 31.9 Å². The molecule has 0 aromatic heterocycles. The van der Waals surface area contributed by atoms with Gasteiger partial charge in [0.15, 0.2) is 0 Å². The maximum absolute atomic E-state index is 10.2. The highest BCUT2D eigenvalue weighted by molar-refractivity contribution is 5.74. The first-order chi connectivity index (χ1) is 9.15. The number of nitrogens with zero attached hydrogens (tertiary/aromatic N) is 1. The van der Waals surface area contributed by atoms with Gasteiger partial charge in [0.25, 0.3) is 0 Å². The van der Waals surface area contributed by atoms with Crippen LogP contribution in [0.3, 0.4) is 0 Å². The fraction of sp³-hybridized carbons (Fsp3) is 0.600. The van der Waals surface area contributed by atoms with Crippen LogP contribution in [0.5, 0.6) is 5.75 Å². The van der Waals surface area contributed by atoms with Gasteiger partial charge in [0.2, 0.25) is 0 Å². The summed E-state index contributed by atoms with van der Waals surface area (Å²) >= 11 is 0. The zero-order valence-electron chi connectivity index (χ0n) is 11.8. The van der Waals surface area contributed by atoms with E-state index in [0.29, 0.717) is 12.3 Å². The molecule has 1 aromatic carbocycles. The summed E-state index contributed by atoms with van der Waals surface area (Å²) in [7, 11) is 2.00. The van der Waals surface area contributed by atoms with E-state index in [-0.39, 0.29) is 12.1 Å². The van der Waals surface area contributed by atoms with E-state index in [1.54, 1.807) is 0 Å². The third-order valence-electron chi connectivity index (χ3n) is 3.91. The molecule has 0 amide bonds. The van der Waals surface area contributed by atoms with E-state index in [9.17, 15) is 5.11 Å². The minimum Gasteiger partial charge on any atom is -0.492 e. The molecule has 0 heterocycles. The number of nitrogens with two attached hydrogens (primary N) is 1.